The number of hydrogen-bond acceptors (Lipinski definition) is 4. The molecule has 1 aromatic heterocycles. The van der Waals surface area contributed by atoms with E-state index in [4.69, 9.17) is 10.5 Å². The molecule has 0 atom stereocenters. The molecular formula is C13H20N4O. The van der Waals surface area contributed by atoms with Crippen LogP contribution in [0.15, 0.2) is 18.2 Å². The Balaban J connectivity index is 1.95. The van der Waals surface area contributed by atoms with Crippen LogP contribution in [0.4, 0.5) is 5.69 Å². The summed E-state index contributed by atoms with van der Waals surface area (Å²) >= 11 is 0. The van der Waals surface area contributed by atoms with Crippen LogP contribution in [0.25, 0.3) is 11.0 Å². The predicted octanol–water partition coefficient (Wildman–Crippen LogP) is 1.87. The number of nitrogens with one attached hydrogen (secondary N) is 1. The van der Waals surface area contributed by atoms with Crippen molar-refractivity contribution in [3.63, 3.8) is 0 Å². The molecule has 0 fully saturated rings. The van der Waals surface area contributed by atoms with Gasteiger partial charge in [-0.15, -0.1) is 0 Å². The van der Waals surface area contributed by atoms with Crippen LogP contribution in [-0.4, -0.2) is 41.1 Å². The van der Waals surface area contributed by atoms with Gasteiger partial charge in [-0.05, 0) is 31.3 Å². The Morgan fingerprint density at radius 2 is 2.11 bits per heavy atom. The number of likely N-dealkylation sites (N-methyl/N-ethyl adjacent to an activating group) is 1. The fraction of sp³-hybridized carbons (Fsp3) is 0.462. The molecule has 5 nitrogen and oxygen atoms in total. The Morgan fingerprint density at radius 3 is 2.83 bits per heavy atom. The van der Waals surface area contributed by atoms with Crippen LogP contribution >= 0.6 is 0 Å². The van der Waals surface area contributed by atoms with E-state index in [2.05, 4.69) is 28.7 Å². The monoisotopic (exact) mass is 248 g/mol. The van der Waals surface area contributed by atoms with Gasteiger partial charge in [-0.1, -0.05) is 13.8 Å². The SMILES string of the molecule is CCN(CC)CCOc1nc2ccc(N)cc2[nH]1. The van der Waals surface area contributed by atoms with Gasteiger partial charge in [0.1, 0.15) is 6.61 Å². The van der Waals surface area contributed by atoms with E-state index >= 15 is 0 Å². The van der Waals surface area contributed by atoms with E-state index in [0.29, 0.717) is 12.6 Å². The van der Waals surface area contributed by atoms with Crippen LogP contribution in [0.3, 0.4) is 0 Å². The Labute approximate surface area is 107 Å². The van der Waals surface area contributed by atoms with Gasteiger partial charge in [0.05, 0.1) is 11.0 Å². The highest BCUT2D eigenvalue weighted by molar-refractivity contribution is 5.79. The second kappa shape index (κ2) is 5.73. The molecule has 2 aromatic rings. The van der Waals surface area contributed by atoms with Gasteiger partial charge in [-0.3, -0.25) is 0 Å². The van der Waals surface area contributed by atoms with Gasteiger partial charge in [-0.2, -0.15) is 4.98 Å². The van der Waals surface area contributed by atoms with Crippen LogP contribution in [0.2, 0.25) is 0 Å². The number of imidazole rings is 1. The summed E-state index contributed by atoms with van der Waals surface area (Å²) in [6.07, 6.45) is 0. The van der Waals surface area contributed by atoms with Crippen LogP contribution in [0, 0.1) is 0 Å². The number of nitrogens with two attached hydrogens (primary N) is 1. The van der Waals surface area contributed by atoms with Gasteiger partial charge in [0.15, 0.2) is 0 Å². The van der Waals surface area contributed by atoms with Gasteiger partial charge < -0.3 is 20.4 Å². The van der Waals surface area contributed by atoms with E-state index in [-0.39, 0.29) is 0 Å². The van der Waals surface area contributed by atoms with Crippen LogP contribution < -0.4 is 10.5 Å². The Morgan fingerprint density at radius 1 is 1.33 bits per heavy atom. The molecule has 98 valence electrons. The van der Waals surface area contributed by atoms with Crippen LogP contribution in [0.5, 0.6) is 6.01 Å². The van der Waals surface area contributed by atoms with Crippen LogP contribution in [-0.2, 0) is 0 Å². The van der Waals surface area contributed by atoms with Gasteiger partial charge in [0.2, 0.25) is 0 Å². The lowest BCUT2D eigenvalue weighted by atomic mass is 10.3. The Bertz CT molecular complexity index is 505. The van der Waals surface area contributed by atoms with E-state index in [0.717, 1.165) is 36.4 Å². The van der Waals surface area contributed by atoms with Gasteiger partial charge >= 0.3 is 0 Å². The lowest BCUT2D eigenvalue weighted by Gasteiger charge is -2.17. The fourth-order valence-electron chi connectivity index (χ4n) is 1.88. The number of aromatic nitrogens is 2. The normalized spacial score (nSPS) is 11.3. The summed E-state index contributed by atoms with van der Waals surface area (Å²) in [6.45, 7) is 7.91. The maximum atomic E-state index is 5.71. The third kappa shape index (κ3) is 2.92. The zero-order chi connectivity index (χ0) is 13.0. The fourth-order valence-corrected chi connectivity index (χ4v) is 1.88. The molecule has 0 aliphatic heterocycles. The second-order valence-corrected chi connectivity index (χ2v) is 4.19. The summed E-state index contributed by atoms with van der Waals surface area (Å²) in [5.74, 6) is 0. The van der Waals surface area contributed by atoms with E-state index in [1.807, 2.05) is 18.2 Å². The minimum atomic E-state index is 0.558. The molecule has 2 rings (SSSR count). The largest absolute Gasteiger partial charge is 0.463 e. The molecule has 0 amide bonds. The zero-order valence-corrected chi connectivity index (χ0v) is 10.9. The third-order valence-electron chi connectivity index (χ3n) is 3.02. The molecule has 0 saturated carbocycles. The van der Waals surface area contributed by atoms with Crippen molar-refractivity contribution in [1.29, 1.82) is 0 Å². The molecule has 0 radical (unpaired) electrons. The van der Waals surface area contributed by atoms with Crippen molar-refractivity contribution in [3.8, 4) is 6.01 Å². The van der Waals surface area contributed by atoms with Crippen molar-refractivity contribution in [2.75, 3.05) is 32.0 Å². The first-order valence-electron chi connectivity index (χ1n) is 6.33. The number of aromatic amines is 1. The highest BCUT2D eigenvalue weighted by Crippen LogP contribution is 2.18. The number of H-pyrrole nitrogens is 1. The average molecular weight is 248 g/mol. The molecule has 0 unspecified atom stereocenters. The number of rotatable bonds is 6. The van der Waals surface area contributed by atoms with Gasteiger partial charge in [-0.25, -0.2) is 0 Å². The maximum absolute atomic E-state index is 5.71. The highest BCUT2D eigenvalue weighted by atomic mass is 16.5. The first kappa shape index (κ1) is 12.7. The summed E-state index contributed by atoms with van der Waals surface area (Å²) in [5, 5.41) is 0. The van der Waals surface area contributed by atoms with E-state index in [1.165, 1.54) is 0 Å². The number of nitrogen functional groups attached to an aromatic ring is 1. The summed E-state index contributed by atoms with van der Waals surface area (Å²) < 4.78 is 5.62. The molecule has 0 bridgehead atoms. The minimum Gasteiger partial charge on any atom is -0.463 e. The summed E-state index contributed by atoms with van der Waals surface area (Å²) in [7, 11) is 0. The highest BCUT2D eigenvalue weighted by Gasteiger charge is 2.04. The first-order valence-corrected chi connectivity index (χ1v) is 6.33. The van der Waals surface area contributed by atoms with Crippen molar-refractivity contribution in [2.45, 2.75) is 13.8 Å². The number of anilines is 1. The zero-order valence-electron chi connectivity index (χ0n) is 10.9. The lowest BCUT2D eigenvalue weighted by Crippen LogP contribution is -2.28. The van der Waals surface area contributed by atoms with Crippen molar-refractivity contribution in [3.05, 3.63) is 18.2 Å². The van der Waals surface area contributed by atoms with Crippen molar-refractivity contribution < 1.29 is 4.74 Å². The van der Waals surface area contributed by atoms with Gasteiger partial charge in [0, 0.05) is 12.2 Å². The molecule has 1 heterocycles. The first-order chi connectivity index (χ1) is 8.72. The second-order valence-electron chi connectivity index (χ2n) is 4.19. The average Bonchev–Trinajstić information content (AvgIpc) is 2.76. The third-order valence-corrected chi connectivity index (χ3v) is 3.02. The minimum absolute atomic E-state index is 0.558. The maximum Gasteiger partial charge on any atom is 0.294 e. The van der Waals surface area contributed by atoms with Gasteiger partial charge in [0.25, 0.3) is 6.01 Å². The number of fused-ring (bicyclic) bond motifs is 1. The molecule has 18 heavy (non-hydrogen) atoms. The summed E-state index contributed by atoms with van der Waals surface area (Å²) in [5.41, 5.74) is 8.22. The molecule has 3 N–H and O–H groups in total. The molecule has 0 aliphatic rings. The summed E-state index contributed by atoms with van der Waals surface area (Å²) in [6, 6.07) is 6.14. The molecule has 5 heteroatoms. The molecule has 0 spiro atoms. The molecule has 0 aliphatic carbocycles. The number of benzene rings is 1. The van der Waals surface area contributed by atoms with E-state index in [9.17, 15) is 0 Å². The predicted molar refractivity (Wildman–Crippen MR) is 73.8 cm³/mol. The number of nitrogens with zero attached hydrogens (tertiary/aromatic N) is 2. The lowest BCUT2D eigenvalue weighted by molar-refractivity contribution is 0.214. The van der Waals surface area contributed by atoms with Crippen molar-refractivity contribution >= 4 is 16.7 Å². The quantitative estimate of drug-likeness (QED) is 0.766. The van der Waals surface area contributed by atoms with Crippen molar-refractivity contribution in [2.24, 2.45) is 0 Å². The molecular weight excluding hydrogens is 228 g/mol. The van der Waals surface area contributed by atoms with Crippen molar-refractivity contribution in [1.82, 2.24) is 14.9 Å². The molecule has 0 saturated heterocycles. The smallest absolute Gasteiger partial charge is 0.294 e. The van der Waals surface area contributed by atoms with Crippen LogP contribution in [0.1, 0.15) is 13.8 Å². The topological polar surface area (TPSA) is 67.2 Å². The number of ether oxygens (including phenoxy) is 1. The summed E-state index contributed by atoms with van der Waals surface area (Å²) in [4.78, 5) is 9.77. The van der Waals surface area contributed by atoms with E-state index < -0.39 is 0 Å². The Hall–Kier alpha value is -1.75. The molecule has 1 aromatic carbocycles. The van der Waals surface area contributed by atoms with E-state index in [1.54, 1.807) is 0 Å². The Kier molecular flexibility index (Phi) is 4.04. The standard InChI is InChI=1S/C13H20N4O/c1-3-17(4-2)7-8-18-13-15-11-6-5-10(14)9-12(11)16-13/h5-6,9H,3-4,7-8,14H2,1-2H3,(H,15,16). The number of hydrogen-bond donors (Lipinski definition) is 2.